The van der Waals surface area contributed by atoms with Gasteiger partial charge in [-0.2, -0.15) is 8.42 Å². The van der Waals surface area contributed by atoms with E-state index in [0.29, 0.717) is 48.1 Å². The van der Waals surface area contributed by atoms with Gasteiger partial charge in [0.05, 0.1) is 0 Å². The van der Waals surface area contributed by atoms with Crippen LogP contribution in [0.4, 0.5) is 0 Å². The van der Waals surface area contributed by atoms with Gasteiger partial charge in [0.2, 0.25) is 5.91 Å². The van der Waals surface area contributed by atoms with E-state index in [4.69, 9.17) is 0 Å². The van der Waals surface area contributed by atoms with E-state index in [0.717, 1.165) is 17.5 Å². The fraction of sp³-hybridized carbons (Fsp3) is 0.474. The monoisotopic (exact) mass is 375 g/mol. The summed E-state index contributed by atoms with van der Waals surface area (Å²) in [6.45, 7) is 9.92. The Kier molecular flexibility index (Phi) is 4.92. The molecule has 2 heterocycles. The molecule has 1 fully saturated rings. The number of sulfonamides is 1. The van der Waals surface area contributed by atoms with Crippen molar-refractivity contribution in [1.29, 1.82) is 0 Å². The fourth-order valence-corrected chi connectivity index (χ4v) is 4.98. The molecule has 1 amide bonds. The molecule has 1 aromatic rings. The highest BCUT2D eigenvalue weighted by molar-refractivity contribution is 8.00. The van der Waals surface area contributed by atoms with E-state index in [1.807, 2.05) is 43.9 Å². The van der Waals surface area contributed by atoms with Crippen molar-refractivity contribution in [1.82, 2.24) is 9.80 Å². The summed E-state index contributed by atoms with van der Waals surface area (Å²) >= 11 is 0. The molecule has 2 aliphatic rings. The van der Waals surface area contributed by atoms with Gasteiger partial charge in [0.25, 0.3) is 10.0 Å². The summed E-state index contributed by atoms with van der Waals surface area (Å²) in [6.07, 6.45) is 0.797. The van der Waals surface area contributed by atoms with Crippen LogP contribution < -0.4 is 0 Å². The Morgan fingerprint density at radius 3 is 2.42 bits per heavy atom. The molecule has 1 aromatic carbocycles. The number of nitrogens with zero attached hydrogens (tertiary/aromatic N) is 3. The Balaban J connectivity index is 1.95. The minimum atomic E-state index is -3.71. The van der Waals surface area contributed by atoms with Gasteiger partial charge in [-0.1, -0.05) is 18.2 Å². The van der Waals surface area contributed by atoms with E-state index in [1.165, 1.54) is 0 Å². The van der Waals surface area contributed by atoms with Crippen LogP contribution in [0.2, 0.25) is 0 Å². The third kappa shape index (κ3) is 3.40. The number of amides is 1. The van der Waals surface area contributed by atoms with Crippen molar-refractivity contribution in [2.45, 2.75) is 34.1 Å². The molecule has 3 rings (SSSR count). The lowest BCUT2D eigenvalue weighted by Gasteiger charge is -2.23. The zero-order valence-corrected chi connectivity index (χ0v) is 16.6. The largest absolute Gasteiger partial charge is 0.354 e. The van der Waals surface area contributed by atoms with Crippen LogP contribution in [0.1, 0.15) is 37.0 Å². The summed E-state index contributed by atoms with van der Waals surface area (Å²) in [5.74, 6) is 0.569. The van der Waals surface area contributed by atoms with Crippen molar-refractivity contribution in [2.75, 3.05) is 26.2 Å². The second-order valence-electron chi connectivity index (χ2n) is 6.99. The minimum absolute atomic E-state index is 0.0518. The summed E-state index contributed by atoms with van der Waals surface area (Å²) in [5, 5.41) is 0. The second-order valence-corrected chi connectivity index (χ2v) is 8.53. The lowest BCUT2D eigenvalue weighted by Crippen LogP contribution is -2.36. The SMILES string of the molecule is CC(=O)N1CCCN(C2=NS(=O)(=O)C(c3ccc(C)c(C)c3)=C2C)CC1. The van der Waals surface area contributed by atoms with Gasteiger partial charge >= 0.3 is 0 Å². The highest BCUT2D eigenvalue weighted by Crippen LogP contribution is 2.34. The van der Waals surface area contributed by atoms with Crippen molar-refractivity contribution in [2.24, 2.45) is 4.40 Å². The summed E-state index contributed by atoms with van der Waals surface area (Å²) in [6, 6.07) is 5.69. The number of carbonyl (C=O) groups is 1. The molecule has 7 heteroatoms. The number of amidine groups is 1. The normalized spacial score (nSPS) is 20.2. The van der Waals surface area contributed by atoms with Crippen molar-refractivity contribution in [3.8, 4) is 0 Å². The molecular weight excluding hydrogens is 350 g/mol. The molecule has 140 valence electrons. The topological polar surface area (TPSA) is 70.1 Å². The van der Waals surface area contributed by atoms with Crippen LogP contribution in [-0.4, -0.2) is 56.1 Å². The Morgan fingerprint density at radius 2 is 1.77 bits per heavy atom. The first-order chi connectivity index (χ1) is 12.2. The average Bonchev–Trinajstić information content (AvgIpc) is 2.73. The van der Waals surface area contributed by atoms with Crippen molar-refractivity contribution < 1.29 is 13.2 Å². The van der Waals surface area contributed by atoms with Gasteiger partial charge in [-0.25, -0.2) is 0 Å². The zero-order chi connectivity index (χ0) is 19.1. The molecule has 0 saturated carbocycles. The number of rotatable bonds is 1. The molecule has 0 bridgehead atoms. The van der Waals surface area contributed by atoms with Crippen LogP contribution in [0, 0.1) is 13.8 Å². The maximum Gasteiger partial charge on any atom is 0.285 e. The molecule has 0 spiro atoms. The average molecular weight is 375 g/mol. The van der Waals surface area contributed by atoms with Gasteiger partial charge in [-0.15, -0.1) is 4.40 Å². The molecule has 0 radical (unpaired) electrons. The lowest BCUT2D eigenvalue weighted by molar-refractivity contribution is -0.128. The van der Waals surface area contributed by atoms with E-state index in [1.54, 1.807) is 11.8 Å². The molecule has 0 atom stereocenters. The molecule has 0 N–H and O–H groups in total. The molecule has 1 saturated heterocycles. The molecular formula is C19H25N3O3S. The molecule has 26 heavy (non-hydrogen) atoms. The number of hydrogen-bond acceptors (Lipinski definition) is 4. The number of hydrogen-bond donors (Lipinski definition) is 0. The number of aryl methyl sites for hydroxylation is 2. The molecule has 2 aliphatic heterocycles. The van der Waals surface area contributed by atoms with Crippen LogP contribution >= 0.6 is 0 Å². The first kappa shape index (κ1) is 18.6. The van der Waals surface area contributed by atoms with Crippen molar-refractivity contribution >= 4 is 26.7 Å². The van der Waals surface area contributed by atoms with E-state index >= 15 is 0 Å². The fourth-order valence-electron chi connectivity index (χ4n) is 3.51. The first-order valence-electron chi connectivity index (χ1n) is 8.85. The Morgan fingerprint density at radius 1 is 1.04 bits per heavy atom. The Bertz CT molecular complexity index is 916. The Hall–Kier alpha value is -2.15. The van der Waals surface area contributed by atoms with Gasteiger partial charge in [0, 0.05) is 38.7 Å². The minimum Gasteiger partial charge on any atom is -0.354 e. The zero-order valence-electron chi connectivity index (χ0n) is 15.7. The van der Waals surface area contributed by atoms with E-state index in [-0.39, 0.29) is 5.91 Å². The van der Waals surface area contributed by atoms with Crippen LogP contribution in [0.15, 0.2) is 28.2 Å². The molecule has 0 unspecified atom stereocenters. The highest BCUT2D eigenvalue weighted by Gasteiger charge is 2.34. The molecule has 0 aliphatic carbocycles. The van der Waals surface area contributed by atoms with Crippen LogP contribution in [-0.2, 0) is 14.8 Å². The van der Waals surface area contributed by atoms with Gasteiger partial charge < -0.3 is 9.80 Å². The Labute approximate surface area is 155 Å². The van der Waals surface area contributed by atoms with E-state index < -0.39 is 10.0 Å². The van der Waals surface area contributed by atoms with Crippen molar-refractivity contribution in [3.05, 3.63) is 40.5 Å². The van der Waals surface area contributed by atoms with Crippen molar-refractivity contribution in [3.63, 3.8) is 0 Å². The first-order valence-corrected chi connectivity index (χ1v) is 10.3. The predicted molar refractivity (Wildman–Crippen MR) is 103 cm³/mol. The third-order valence-corrected chi connectivity index (χ3v) is 6.62. The maximum atomic E-state index is 12.7. The standard InChI is InChI=1S/C19H25N3O3S/c1-13-6-7-17(12-14(13)2)18-15(3)19(20-26(18,24)25)22-9-5-8-21(10-11-22)16(4)23/h6-7,12H,5,8-11H2,1-4H3. The van der Waals surface area contributed by atoms with E-state index in [2.05, 4.69) is 4.40 Å². The van der Waals surface area contributed by atoms with Gasteiger partial charge in [0.1, 0.15) is 10.7 Å². The summed E-state index contributed by atoms with van der Waals surface area (Å²) in [7, 11) is -3.71. The highest BCUT2D eigenvalue weighted by atomic mass is 32.2. The maximum absolute atomic E-state index is 12.7. The van der Waals surface area contributed by atoms with Crippen LogP contribution in [0.25, 0.3) is 4.91 Å². The quantitative estimate of drug-likeness (QED) is 0.755. The number of carbonyl (C=O) groups excluding carboxylic acids is 1. The summed E-state index contributed by atoms with van der Waals surface area (Å²) in [5.41, 5.74) is 3.55. The van der Waals surface area contributed by atoms with Gasteiger partial charge in [0.15, 0.2) is 0 Å². The number of benzene rings is 1. The predicted octanol–water partition coefficient (Wildman–Crippen LogP) is 2.33. The van der Waals surface area contributed by atoms with Crippen LogP contribution in [0.3, 0.4) is 0 Å². The summed E-state index contributed by atoms with van der Waals surface area (Å²) in [4.78, 5) is 15.7. The van der Waals surface area contributed by atoms with E-state index in [9.17, 15) is 13.2 Å². The second kappa shape index (κ2) is 6.87. The smallest absolute Gasteiger partial charge is 0.285 e. The third-order valence-electron chi connectivity index (χ3n) is 5.15. The molecule has 6 nitrogen and oxygen atoms in total. The van der Waals surface area contributed by atoms with Gasteiger partial charge in [-0.3, -0.25) is 4.79 Å². The summed E-state index contributed by atoms with van der Waals surface area (Å²) < 4.78 is 29.6. The van der Waals surface area contributed by atoms with Crippen LogP contribution in [0.5, 0.6) is 0 Å². The molecule has 0 aromatic heterocycles. The lowest BCUT2D eigenvalue weighted by atomic mass is 10.0. The van der Waals surface area contributed by atoms with Gasteiger partial charge in [-0.05, 0) is 43.9 Å².